The fourth-order valence-electron chi connectivity index (χ4n) is 2.93. The first-order valence-corrected chi connectivity index (χ1v) is 11.7. The lowest BCUT2D eigenvalue weighted by atomic mass is 10.2. The third-order valence-electron chi connectivity index (χ3n) is 4.63. The summed E-state index contributed by atoms with van der Waals surface area (Å²) in [6.07, 6.45) is 1.72. The van der Waals surface area contributed by atoms with Gasteiger partial charge >= 0.3 is 0 Å². The highest BCUT2D eigenvalue weighted by Crippen LogP contribution is 2.32. The van der Waals surface area contributed by atoms with Gasteiger partial charge in [0.2, 0.25) is 0 Å². The van der Waals surface area contributed by atoms with E-state index in [0.717, 1.165) is 27.9 Å². The molecule has 3 aromatic carbocycles. The van der Waals surface area contributed by atoms with Crippen molar-refractivity contribution in [1.82, 2.24) is 10.4 Å². The summed E-state index contributed by atoms with van der Waals surface area (Å²) in [5, 5.41) is 2.20. The normalized spacial score (nSPS) is 14.6. The van der Waals surface area contributed by atoms with Crippen molar-refractivity contribution in [3.05, 3.63) is 104 Å². The average molecular weight is 515 g/mol. The minimum absolute atomic E-state index is 0.260. The maximum atomic E-state index is 12.8. The first-order chi connectivity index (χ1) is 15.9. The third kappa shape index (κ3) is 5.75. The van der Waals surface area contributed by atoms with Crippen molar-refractivity contribution in [2.45, 2.75) is 6.61 Å². The molecule has 33 heavy (non-hydrogen) atoms. The molecule has 5 nitrogen and oxygen atoms in total. The number of rotatable bonds is 6. The number of thioether (sulfide) groups is 1. The number of benzene rings is 3. The van der Waals surface area contributed by atoms with Gasteiger partial charge in [-0.25, -0.2) is 0 Å². The first-order valence-electron chi connectivity index (χ1n) is 9.71. The van der Waals surface area contributed by atoms with Crippen molar-refractivity contribution in [3.63, 3.8) is 0 Å². The summed E-state index contributed by atoms with van der Waals surface area (Å²) in [5.74, 6) is -0.136. The van der Waals surface area contributed by atoms with E-state index in [4.69, 9.17) is 40.2 Å². The summed E-state index contributed by atoms with van der Waals surface area (Å²) in [6, 6.07) is 21.1. The highest BCUT2D eigenvalue weighted by molar-refractivity contribution is 8.26. The van der Waals surface area contributed by atoms with E-state index in [-0.39, 0.29) is 10.2 Å². The van der Waals surface area contributed by atoms with Gasteiger partial charge < -0.3 is 4.74 Å². The summed E-state index contributed by atoms with van der Waals surface area (Å²) >= 11 is 18.5. The number of amides is 2. The molecule has 2 amide bonds. The smallest absolute Gasteiger partial charge is 0.285 e. The average Bonchev–Trinajstić information content (AvgIpc) is 3.07. The second kappa shape index (κ2) is 10.4. The predicted octanol–water partition coefficient (Wildman–Crippen LogP) is 6.12. The minimum atomic E-state index is -0.407. The number of carbonyl (C=O) groups excluding carboxylic acids is 2. The lowest BCUT2D eigenvalue weighted by molar-refractivity contribution is -0.123. The molecule has 1 saturated heterocycles. The Labute approximate surface area is 210 Å². The number of hydrogen-bond donors (Lipinski definition) is 1. The van der Waals surface area contributed by atoms with Crippen LogP contribution in [0.5, 0.6) is 5.75 Å². The van der Waals surface area contributed by atoms with Gasteiger partial charge in [-0.2, -0.15) is 5.01 Å². The molecule has 0 saturated carbocycles. The standard InChI is InChI=1S/C24H16Cl2N2O3S2/c25-18-9-8-17(20(26)13-18)14-31-19-10-6-15(7-11-19)12-21-23(30)28(24(32)33-21)27-22(29)16-4-2-1-3-5-16/h1-13H,14H2,(H,27,29)/b21-12+. The van der Waals surface area contributed by atoms with Gasteiger partial charge in [-0.3, -0.25) is 15.0 Å². The lowest BCUT2D eigenvalue weighted by Crippen LogP contribution is -2.44. The van der Waals surface area contributed by atoms with Crippen molar-refractivity contribution in [3.8, 4) is 5.75 Å². The number of ether oxygens (including phenoxy) is 1. The zero-order chi connectivity index (χ0) is 23.4. The number of nitrogens with one attached hydrogen (secondary N) is 1. The number of thiocarbonyl (C=S) groups is 1. The van der Waals surface area contributed by atoms with Crippen molar-refractivity contribution >= 4 is 69.4 Å². The summed E-state index contributed by atoms with van der Waals surface area (Å²) in [4.78, 5) is 25.5. The molecule has 9 heteroatoms. The Balaban J connectivity index is 1.39. The minimum Gasteiger partial charge on any atom is -0.489 e. The van der Waals surface area contributed by atoms with Crippen LogP contribution in [0.3, 0.4) is 0 Å². The van der Waals surface area contributed by atoms with Gasteiger partial charge in [0.05, 0.1) is 4.91 Å². The molecule has 1 aliphatic heterocycles. The van der Waals surface area contributed by atoms with E-state index in [1.54, 1.807) is 54.6 Å². The van der Waals surface area contributed by atoms with Crippen LogP contribution in [-0.4, -0.2) is 21.1 Å². The van der Waals surface area contributed by atoms with Crippen molar-refractivity contribution in [2.24, 2.45) is 0 Å². The molecule has 0 aromatic heterocycles. The van der Waals surface area contributed by atoms with Gasteiger partial charge in [-0.05, 0) is 60.3 Å². The van der Waals surface area contributed by atoms with Crippen molar-refractivity contribution in [2.75, 3.05) is 0 Å². The SMILES string of the molecule is O=C(NN1C(=O)/C(=C\c2ccc(OCc3ccc(Cl)cc3Cl)cc2)SC1=S)c1ccccc1. The van der Waals surface area contributed by atoms with E-state index in [2.05, 4.69) is 5.43 Å². The molecule has 0 radical (unpaired) electrons. The summed E-state index contributed by atoms with van der Waals surface area (Å²) < 4.78 is 6.04. The van der Waals surface area contributed by atoms with E-state index in [1.807, 2.05) is 24.3 Å². The molecular formula is C24H16Cl2N2O3S2. The summed E-state index contributed by atoms with van der Waals surface area (Å²) in [6.45, 7) is 0.301. The van der Waals surface area contributed by atoms with Gasteiger partial charge in [0.15, 0.2) is 4.32 Å². The highest BCUT2D eigenvalue weighted by atomic mass is 35.5. The number of nitrogens with zero attached hydrogens (tertiary/aromatic N) is 1. The maximum Gasteiger partial charge on any atom is 0.285 e. The summed E-state index contributed by atoms with van der Waals surface area (Å²) in [5.41, 5.74) is 4.62. The molecule has 0 aliphatic carbocycles. The molecule has 4 rings (SSSR count). The fraction of sp³-hybridized carbons (Fsp3) is 0.0417. The van der Waals surface area contributed by atoms with Gasteiger partial charge in [0.1, 0.15) is 12.4 Å². The molecule has 0 unspecified atom stereocenters. The summed E-state index contributed by atoms with van der Waals surface area (Å²) in [7, 11) is 0. The van der Waals surface area contributed by atoms with E-state index < -0.39 is 5.91 Å². The van der Waals surface area contributed by atoms with E-state index in [9.17, 15) is 9.59 Å². The van der Waals surface area contributed by atoms with Crippen LogP contribution in [0.25, 0.3) is 6.08 Å². The number of hydrazine groups is 1. The zero-order valence-electron chi connectivity index (χ0n) is 17.0. The van der Waals surface area contributed by atoms with E-state index in [1.165, 1.54) is 0 Å². The quantitative estimate of drug-likeness (QED) is 0.317. The molecule has 1 N–H and O–H groups in total. The molecule has 0 spiro atoms. The monoisotopic (exact) mass is 514 g/mol. The Hall–Kier alpha value is -2.84. The second-order valence-electron chi connectivity index (χ2n) is 6.92. The number of carbonyl (C=O) groups is 2. The molecule has 0 atom stereocenters. The van der Waals surface area contributed by atoms with Crippen LogP contribution >= 0.6 is 47.2 Å². The molecule has 0 bridgehead atoms. The largest absolute Gasteiger partial charge is 0.489 e. The fourth-order valence-corrected chi connectivity index (χ4v) is 4.57. The van der Waals surface area contributed by atoms with Gasteiger partial charge in [-0.15, -0.1) is 0 Å². The third-order valence-corrected chi connectivity index (χ3v) is 6.52. The molecule has 1 aliphatic rings. The zero-order valence-corrected chi connectivity index (χ0v) is 20.1. The Bertz CT molecular complexity index is 1250. The first kappa shape index (κ1) is 23.3. The molecule has 1 heterocycles. The molecular weight excluding hydrogens is 499 g/mol. The predicted molar refractivity (Wildman–Crippen MR) is 136 cm³/mol. The Kier molecular flexibility index (Phi) is 7.35. The van der Waals surface area contributed by atoms with Crippen molar-refractivity contribution < 1.29 is 14.3 Å². The Morgan fingerprint density at radius 2 is 1.79 bits per heavy atom. The van der Waals surface area contributed by atoms with Crippen LogP contribution in [0.2, 0.25) is 10.0 Å². The van der Waals surface area contributed by atoms with Crippen LogP contribution in [0.15, 0.2) is 77.7 Å². The molecule has 166 valence electrons. The van der Waals surface area contributed by atoms with Crippen LogP contribution in [0.1, 0.15) is 21.5 Å². The Morgan fingerprint density at radius 3 is 2.48 bits per heavy atom. The van der Waals surface area contributed by atoms with Crippen LogP contribution in [0.4, 0.5) is 0 Å². The topological polar surface area (TPSA) is 58.6 Å². The van der Waals surface area contributed by atoms with Crippen molar-refractivity contribution in [1.29, 1.82) is 0 Å². The number of halogens is 2. The van der Waals surface area contributed by atoms with E-state index in [0.29, 0.717) is 32.9 Å². The van der Waals surface area contributed by atoms with E-state index >= 15 is 0 Å². The molecule has 1 fully saturated rings. The van der Waals surface area contributed by atoms with Gasteiger partial charge in [-0.1, -0.05) is 71.4 Å². The Morgan fingerprint density at radius 1 is 1.06 bits per heavy atom. The van der Waals surface area contributed by atoms with Gasteiger partial charge in [0.25, 0.3) is 11.8 Å². The number of hydrogen-bond acceptors (Lipinski definition) is 5. The van der Waals surface area contributed by atoms with Crippen LogP contribution in [0, 0.1) is 0 Å². The van der Waals surface area contributed by atoms with Crippen LogP contribution in [-0.2, 0) is 11.4 Å². The van der Waals surface area contributed by atoms with Gasteiger partial charge in [0, 0.05) is 21.2 Å². The second-order valence-corrected chi connectivity index (χ2v) is 9.44. The van der Waals surface area contributed by atoms with Crippen LogP contribution < -0.4 is 10.2 Å². The lowest BCUT2D eigenvalue weighted by Gasteiger charge is -2.15. The highest BCUT2D eigenvalue weighted by Gasteiger charge is 2.33. The maximum absolute atomic E-state index is 12.8. The molecule has 3 aromatic rings.